The molecule has 2 unspecified atom stereocenters. The topological polar surface area (TPSA) is 55.4 Å². The van der Waals surface area contributed by atoms with Crippen molar-refractivity contribution in [3.05, 3.63) is 59.1 Å². The molecule has 2 N–H and O–H groups in total. The molecule has 0 saturated carbocycles. The number of aromatic nitrogens is 1. The van der Waals surface area contributed by atoms with Crippen LogP contribution in [0.1, 0.15) is 57.7 Å². The number of nitrogens with one attached hydrogen (secondary N) is 2. The Morgan fingerprint density at radius 1 is 1.25 bits per heavy atom. The second kappa shape index (κ2) is 9.81. The lowest BCUT2D eigenvalue weighted by Gasteiger charge is -2.21. The predicted molar refractivity (Wildman–Crippen MR) is 118 cm³/mol. The Hall–Kier alpha value is -2.74. The van der Waals surface area contributed by atoms with E-state index in [1.807, 2.05) is 6.20 Å². The van der Waals surface area contributed by atoms with Gasteiger partial charge in [0.25, 0.3) is 0 Å². The van der Waals surface area contributed by atoms with Gasteiger partial charge in [0.15, 0.2) is 6.79 Å². The Kier molecular flexibility index (Phi) is 7.33. The third-order valence-electron chi connectivity index (χ3n) is 5.52. The summed E-state index contributed by atoms with van der Waals surface area (Å²) in [5, 5.41) is 6.50. The molecule has 2 aromatic rings. The minimum absolute atomic E-state index is 0.0463. The van der Waals surface area contributed by atoms with Crippen LogP contribution in [0.25, 0.3) is 11.3 Å². The van der Waals surface area contributed by atoms with Gasteiger partial charge in [-0.15, -0.1) is 0 Å². The van der Waals surface area contributed by atoms with Gasteiger partial charge in [0.2, 0.25) is 0 Å². The van der Waals surface area contributed by atoms with Crippen LogP contribution in [-0.4, -0.2) is 24.9 Å². The molecule has 1 aromatic carbocycles. The van der Waals surface area contributed by atoms with Crippen LogP contribution in [0.2, 0.25) is 0 Å². The summed E-state index contributed by atoms with van der Waals surface area (Å²) in [6.07, 6.45) is 4.97. The van der Waals surface area contributed by atoms with Crippen LogP contribution in [0, 0.1) is 11.6 Å². The van der Waals surface area contributed by atoms with Crippen molar-refractivity contribution in [3.63, 3.8) is 0 Å². The van der Waals surface area contributed by atoms with Crippen LogP contribution >= 0.6 is 0 Å². The fraction of sp³-hybridized carbons (Fsp3) is 0.458. The van der Waals surface area contributed by atoms with Crippen LogP contribution in [-0.2, 0) is 10.4 Å². The van der Waals surface area contributed by atoms with Gasteiger partial charge < -0.3 is 20.1 Å². The number of pyridine rings is 1. The van der Waals surface area contributed by atoms with Crippen molar-refractivity contribution in [2.75, 3.05) is 13.9 Å². The Morgan fingerprint density at radius 3 is 2.62 bits per heavy atom. The molecule has 0 aliphatic carbocycles. The van der Waals surface area contributed by atoms with Gasteiger partial charge in [0.1, 0.15) is 23.1 Å². The molecular weight excluding hydrogens is 419 g/mol. The van der Waals surface area contributed by atoms with Gasteiger partial charge >= 0.3 is 0 Å². The van der Waals surface area contributed by atoms with Crippen LogP contribution in [0.15, 0.2) is 36.3 Å². The van der Waals surface area contributed by atoms with E-state index in [1.165, 1.54) is 39.3 Å². The smallest absolute Gasteiger partial charge is 0.188 e. The summed E-state index contributed by atoms with van der Waals surface area (Å²) in [5.41, 5.74) is -0.380. The van der Waals surface area contributed by atoms with Gasteiger partial charge in [-0.05, 0) is 45.4 Å². The summed E-state index contributed by atoms with van der Waals surface area (Å²) in [5.74, 6) is -1.02. The van der Waals surface area contributed by atoms with E-state index in [2.05, 4.69) is 22.5 Å². The highest BCUT2D eigenvalue weighted by Gasteiger charge is 2.26. The second-order valence-electron chi connectivity index (χ2n) is 8.45. The van der Waals surface area contributed by atoms with Crippen LogP contribution in [0.3, 0.4) is 0 Å². The SMILES string of the molecule is CCC1CC(NC(C)c2cc(F)c(-c3cc(C(C)(C)F)c(OCOC)cn3)cc2F)=CN1. The average Bonchev–Trinajstić information content (AvgIpc) is 3.20. The van der Waals surface area contributed by atoms with Crippen LogP contribution in [0.4, 0.5) is 13.2 Å². The fourth-order valence-corrected chi connectivity index (χ4v) is 3.70. The number of benzene rings is 1. The summed E-state index contributed by atoms with van der Waals surface area (Å²) in [6.45, 7) is 6.49. The van der Waals surface area contributed by atoms with E-state index >= 15 is 4.39 Å². The largest absolute Gasteiger partial charge is 0.466 e. The zero-order valence-corrected chi connectivity index (χ0v) is 19.1. The molecule has 3 rings (SSSR count). The maximum Gasteiger partial charge on any atom is 0.188 e. The quantitative estimate of drug-likeness (QED) is 0.497. The van der Waals surface area contributed by atoms with E-state index in [1.54, 1.807) is 6.92 Å². The van der Waals surface area contributed by atoms with Crippen molar-refractivity contribution in [3.8, 4) is 17.0 Å². The number of ether oxygens (including phenoxy) is 2. The third-order valence-corrected chi connectivity index (χ3v) is 5.52. The number of alkyl halides is 1. The molecule has 0 saturated heterocycles. The lowest BCUT2D eigenvalue weighted by atomic mass is 9.96. The Morgan fingerprint density at radius 2 is 2.00 bits per heavy atom. The summed E-state index contributed by atoms with van der Waals surface area (Å²) >= 11 is 0. The highest BCUT2D eigenvalue weighted by atomic mass is 19.1. The highest BCUT2D eigenvalue weighted by molar-refractivity contribution is 5.63. The Bertz CT molecular complexity index is 989. The van der Waals surface area contributed by atoms with Gasteiger partial charge in [-0.25, -0.2) is 13.2 Å². The maximum absolute atomic E-state index is 15.0. The third kappa shape index (κ3) is 5.35. The minimum Gasteiger partial charge on any atom is -0.466 e. The lowest BCUT2D eigenvalue weighted by molar-refractivity contribution is 0.0477. The number of methoxy groups -OCH3 is 1. The number of halogens is 3. The molecule has 174 valence electrons. The van der Waals surface area contributed by atoms with Crippen molar-refractivity contribution in [1.82, 2.24) is 15.6 Å². The first-order valence-electron chi connectivity index (χ1n) is 10.7. The first-order chi connectivity index (χ1) is 15.1. The summed E-state index contributed by atoms with van der Waals surface area (Å²) in [6, 6.07) is 3.57. The van der Waals surface area contributed by atoms with Gasteiger partial charge in [0, 0.05) is 48.2 Å². The molecule has 1 aliphatic rings. The monoisotopic (exact) mass is 449 g/mol. The van der Waals surface area contributed by atoms with Crippen molar-refractivity contribution in [2.24, 2.45) is 0 Å². The van der Waals surface area contributed by atoms with E-state index in [4.69, 9.17) is 9.47 Å². The zero-order valence-electron chi connectivity index (χ0n) is 19.1. The molecule has 8 heteroatoms. The molecular formula is C24H30F3N3O2. The average molecular weight is 450 g/mol. The molecule has 2 heterocycles. The maximum atomic E-state index is 15.0. The molecule has 2 atom stereocenters. The molecule has 0 fully saturated rings. The summed E-state index contributed by atoms with van der Waals surface area (Å²) in [4.78, 5) is 4.17. The number of hydrogen-bond donors (Lipinski definition) is 2. The standard InChI is InChI=1S/C24H30F3N3O2/c1-6-15-7-16(11-28-15)30-14(2)17-8-21(26)18(9-20(17)25)22-10-19(24(3,4)27)23(12-29-22)32-13-31-5/h8-12,14-15,28,30H,6-7,13H2,1-5H3. The second-order valence-corrected chi connectivity index (χ2v) is 8.45. The fourth-order valence-electron chi connectivity index (χ4n) is 3.70. The lowest BCUT2D eigenvalue weighted by Crippen LogP contribution is -2.20. The van der Waals surface area contributed by atoms with E-state index in [0.29, 0.717) is 6.04 Å². The van der Waals surface area contributed by atoms with E-state index in [0.717, 1.165) is 24.6 Å². The molecule has 32 heavy (non-hydrogen) atoms. The Labute approximate surface area is 187 Å². The zero-order chi connectivity index (χ0) is 23.5. The predicted octanol–water partition coefficient (Wildman–Crippen LogP) is 5.48. The van der Waals surface area contributed by atoms with E-state index in [9.17, 15) is 8.78 Å². The number of nitrogens with zero attached hydrogens (tertiary/aromatic N) is 1. The van der Waals surface area contributed by atoms with Crippen molar-refractivity contribution in [1.29, 1.82) is 0 Å². The van der Waals surface area contributed by atoms with Crippen molar-refractivity contribution in [2.45, 2.75) is 58.3 Å². The normalized spacial score (nSPS) is 17.0. The summed E-state index contributed by atoms with van der Waals surface area (Å²) < 4.78 is 55.0. The number of hydrogen-bond acceptors (Lipinski definition) is 5. The van der Waals surface area contributed by atoms with Crippen molar-refractivity contribution < 1.29 is 22.6 Å². The molecule has 0 spiro atoms. The molecule has 5 nitrogen and oxygen atoms in total. The van der Waals surface area contributed by atoms with E-state index < -0.39 is 23.3 Å². The minimum atomic E-state index is -1.78. The van der Waals surface area contributed by atoms with Crippen LogP contribution in [0.5, 0.6) is 5.75 Å². The molecule has 0 amide bonds. The van der Waals surface area contributed by atoms with Crippen molar-refractivity contribution >= 4 is 0 Å². The highest BCUT2D eigenvalue weighted by Crippen LogP contribution is 2.36. The molecule has 1 aromatic heterocycles. The molecule has 0 radical (unpaired) electrons. The van der Waals surface area contributed by atoms with E-state index in [-0.39, 0.29) is 34.9 Å². The van der Waals surface area contributed by atoms with Gasteiger partial charge in [-0.2, -0.15) is 0 Å². The Balaban J connectivity index is 1.89. The summed E-state index contributed by atoms with van der Waals surface area (Å²) in [7, 11) is 1.44. The molecule has 0 bridgehead atoms. The molecule has 1 aliphatic heterocycles. The first-order valence-corrected chi connectivity index (χ1v) is 10.7. The number of rotatable bonds is 9. The van der Waals surface area contributed by atoms with Gasteiger partial charge in [-0.3, -0.25) is 4.98 Å². The van der Waals surface area contributed by atoms with Crippen LogP contribution < -0.4 is 15.4 Å². The first kappa shape index (κ1) is 23.9. The van der Waals surface area contributed by atoms with Gasteiger partial charge in [-0.1, -0.05) is 6.92 Å². The van der Waals surface area contributed by atoms with Gasteiger partial charge in [0.05, 0.1) is 17.9 Å².